The number of carboxylic acids is 1. The van der Waals surface area contributed by atoms with Crippen molar-refractivity contribution in [2.24, 2.45) is 0 Å². The van der Waals surface area contributed by atoms with E-state index in [2.05, 4.69) is 10.5 Å². The number of anilines is 1. The van der Waals surface area contributed by atoms with Crippen molar-refractivity contribution in [3.63, 3.8) is 0 Å². The average molecular weight is 288 g/mol. The summed E-state index contributed by atoms with van der Waals surface area (Å²) in [5.41, 5.74) is 2.95. The number of amides is 1. The molecule has 0 bridgehead atoms. The Morgan fingerprint density at radius 1 is 1.29 bits per heavy atom. The standard InChI is InChI=1S/C15H16N2O4/c1-8-6-11(15(19)20)4-5-13(8)16-14(18)7-12-9(2)17-21-10(12)3/h4-6H,7H2,1-3H3,(H,16,18)(H,19,20). The third kappa shape index (κ3) is 3.28. The van der Waals surface area contributed by atoms with Crippen LogP contribution in [0.1, 0.15) is 32.9 Å². The maximum atomic E-state index is 12.1. The summed E-state index contributed by atoms with van der Waals surface area (Å²) < 4.78 is 5.02. The number of benzene rings is 1. The van der Waals surface area contributed by atoms with Crippen LogP contribution in [0.15, 0.2) is 22.7 Å². The number of rotatable bonds is 4. The lowest BCUT2D eigenvalue weighted by molar-refractivity contribution is -0.115. The molecule has 1 aromatic heterocycles. The Balaban J connectivity index is 2.11. The number of carboxylic acid groups (broad SMARTS) is 1. The molecule has 21 heavy (non-hydrogen) atoms. The number of carbonyl (C=O) groups is 2. The van der Waals surface area contributed by atoms with E-state index in [1.807, 2.05) is 0 Å². The molecule has 2 N–H and O–H groups in total. The fraction of sp³-hybridized carbons (Fsp3) is 0.267. The largest absolute Gasteiger partial charge is 0.478 e. The van der Waals surface area contributed by atoms with E-state index in [0.717, 1.165) is 5.56 Å². The highest BCUT2D eigenvalue weighted by molar-refractivity contribution is 5.94. The zero-order valence-corrected chi connectivity index (χ0v) is 12.1. The van der Waals surface area contributed by atoms with Crippen molar-refractivity contribution in [2.75, 3.05) is 5.32 Å². The van der Waals surface area contributed by atoms with Crippen molar-refractivity contribution in [1.82, 2.24) is 5.16 Å². The van der Waals surface area contributed by atoms with Gasteiger partial charge in [-0.1, -0.05) is 5.16 Å². The van der Waals surface area contributed by atoms with Crippen LogP contribution in [0.3, 0.4) is 0 Å². The lowest BCUT2D eigenvalue weighted by Crippen LogP contribution is -2.16. The van der Waals surface area contributed by atoms with Gasteiger partial charge in [0.05, 0.1) is 17.7 Å². The van der Waals surface area contributed by atoms with Crippen molar-refractivity contribution < 1.29 is 19.2 Å². The first kappa shape index (κ1) is 14.8. The van der Waals surface area contributed by atoms with Gasteiger partial charge in [0.2, 0.25) is 5.91 Å². The summed E-state index contributed by atoms with van der Waals surface area (Å²) in [6.45, 7) is 5.29. The van der Waals surface area contributed by atoms with E-state index >= 15 is 0 Å². The molecule has 2 rings (SSSR count). The first-order valence-corrected chi connectivity index (χ1v) is 6.44. The van der Waals surface area contributed by atoms with Crippen LogP contribution in [0.4, 0.5) is 5.69 Å². The first-order valence-electron chi connectivity index (χ1n) is 6.44. The maximum Gasteiger partial charge on any atom is 0.335 e. The van der Waals surface area contributed by atoms with E-state index in [1.54, 1.807) is 26.8 Å². The lowest BCUT2D eigenvalue weighted by atomic mass is 10.1. The van der Waals surface area contributed by atoms with Crippen LogP contribution < -0.4 is 5.32 Å². The Morgan fingerprint density at radius 3 is 2.52 bits per heavy atom. The SMILES string of the molecule is Cc1cc(C(=O)O)ccc1NC(=O)Cc1c(C)noc1C. The molecule has 0 aliphatic rings. The molecule has 2 aromatic rings. The maximum absolute atomic E-state index is 12.1. The van der Waals surface area contributed by atoms with E-state index in [0.29, 0.717) is 22.7 Å². The van der Waals surface area contributed by atoms with Crippen molar-refractivity contribution >= 4 is 17.6 Å². The molecule has 1 aromatic carbocycles. The van der Waals surface area contributed by atoms with Crippen molar-refractivity contribution in [3.05, 3.63) is 46.3 Å². The monoisotopic (exact) mass is 288 g/mol. The highest BCUT2D eigenvalue weighted by Crippen LogP contribution is 2.18. The Morgan fingerprint density at radius 2 is 2.00 bits per heavy atom. The second kappa shape index (κ2) is 5.78. The van der Waals surface area contributed by atoms with Gasteiger partial charge in [0.15, 0.2) is 0 Å². The molecule has 0 saturated heterocycles. The molecule has 110 valence electrons. The molecule has 1 amide bonds. The van der Waals surface area contributed by atoms with Crippen molar-refractivity contribution in [3.8, 4) is 0 Å². The third-order valence-electron chi connectivity index (χ3n) is 3.27. The number of aromatic nitrogens is 1. The molecule has 1 heterocycles. The number of hydrogen-bond donors (Lipinski definition) is 2. The summed E-state index contributed by atoms with van der Waals surface area (Å²) in [5, 5.41) is 15.5. The van der Waals surface area contributed by atoms with Crippen LogP contribution in [0.2, 0.25) is 0 Å². The number of nitrogens with zero attached hydrogens (tertiary/aromatic N) is 1. The minimum Gasteiger partial charge on any atom is -0.478 e. The van der Waals surface area contributed by atoms with Gasteiger partial charge in [-0.3, -0.25) is 4.79 Å². The first-order chi connectivity index (χ1) is 9.88. The molecule has 0 spiro atoms. The summed E-state index contributed by atoms with van der Waals surface area (Å²) in [6.07, 6.45) is 0.168. The number of carbonyl (C=O) groups excluding carboxylic acids is 1. The number of hydrogen-bond acceptors (Lipinski definition) is 4. The third-order valence-corrected chi connectivity index (χ3v) is 3.27. The van der Waals surface area contributed by atoms with Gasteiger partial charge in [-0.25, -0.2) is 4.79 Å². The molecule has 0 aliphatic carbocycles. The van der Waals surface area contributed by atoms with Crippen LogP contribution in [-0.4, -0.2) is 22.1 Å². The van der Waals surface area contributed by atoms with Gasteiger partial charge in [0.25, 0.3) is 0 Å². The summed E-state index contributed by atoms with van der Waals surface area (Å²) in [7, 11) is 0. The highest BCUT2D eigenvalue weighted by atomic mass is 16.5. The van der Waals surface area contributed by atoms with Crippen LogP contribution >= 0.6 is 0 Å². The van der Waals surface area contributed by atoms with E-state index in [9.17, 15) is 9.59 Å². The molecular weight excluding hydrogens is 272 g/mol. The van der Waals surface area contributed by atoms with E-state index < -0.39 is 5.97 Å². The van der Waals surface area contributed by atoms with Crippen molar-refractivity contribution in [1.29, 1.82) is 0 Å². The normalized spacial score (nSPS) is 10.4. The van der Waals surface area contributed by atoms with E-state index in [1.165, 1.54) is 12.1 Å². The van der Waals surface area contributed by atoms with Crippen LogP contribution in [0.5, 0.6) is 0 Å². The molecule has 0 fully saturated rings. The zero-order valence-electron chi connectivity index (χ0n) is 12.1. The fourth-order valence-corrected chi connectivity index (χ4v) is 2.05. The van der Waals surface area contributed by atoms with E-state index in [4.69, 9.17) is 9.63 Å². The minimum absolute atomic E-state index is 0.168. The molecule has 6 heteroatoms. The molecule has 0 atom stereocenters. The second-order valence-corrected chi connectivity index (χ2v) is 4.86. The molecule has 0 saturated carbocycles. The topological polar surface area (TPSA) is 92.4 Å². The molecule has 0 unspecified atom stereocenters. The van der Waals surface area contributed by atoms with Gasteiger partial charge in [-0.2, -0.15) is 0 Å². The summed E-state index contributed by atoms with van der Waals surface area (Å²) >= 11 is 0. The molecular formula is C15H16N2O4. The van der Waals surface area contributed by atoms with Crippen molar-refractivity contribution in [2.45, 2.75) is 27.2 Å². The molecule has 0 aliphatic heterocycles. The molecule has 0 radical (unpaired) electrons. The van der Waals surface area contributed by atoms with Gasteiger partial charge in [-0.05, 0) is 44.5 Å². The predicted molar refractivity (Wildman–Crippen MR) is 76.4 cm³/mol. The number of aryl methyl sites for hydroxylation is 3. The number of nitrogens with one attached hydrogen (secondary N) is 1. The summed E-state index contributed by atoms with van der Waals surface area (Å²) in [5.74, 6) is -0.567. The lowest BCUT2D eigenvalue weighted by Gasteiger charge is -2.09. The average Bonchev–Trinajstić information content (AvgIpc) is 2.72. The summed E-state index contributed by atoms with van der Waals surface area (Å²) in [6, 6.07) is 4.57. The Kier molecular flexibility index (Phi) is 4.07. The second-order valence-electron chi connectivity index (χ2n) is 4.86. The van der Waals surface area contributed by atoms with Crippen LogP contribution in [0.25, 0.3) is 0 Å². The molecule has 6 nitrogen and oxygen atoms in total. The van der Waals surface area contributed by atoms with Gasteiger partial charge < -0.3 is 14.9 Å². The van der Waals surface area contributed by atoms with Crippen LogP contribution in [0, 0.1) is 20.8 Å². The van der Waals surface area contributed by atoms with Crippen LogP contribution in [-0.2, 0) is 11.2 Å². The Bertz CT molecular complexity index is 684. The Hall–Kier alpha value is -2.63. The predicted octanol–water partition coefficient (Wildman–Crippen LogP) is 2.48. The van der Waals surface area contributed by atoms with Gasteiger partial charge >= 0.3 is 5.97 Å². The Labute approximate surface area is 121 Å². The smallest absolute Gasteiger partial charge is 0.335 e. The van der Waals surface area contributed by atoms with Gasteiger partial charge in [0.1, 0.15) is 5.76 Å². The van der Waals surface area contributed by atoms with E-state index in [-0.39, 0.29) is 17.9 Å². The fourth-order valence-electron chi connectivity index (χ4n) is 2.05. The van der Waals surface area contributed by atoms with Gasteiger partial charge in [0, 0.05) is 11.3 Å². The highest BCUT2D eigenvalue weighted by Gasteiger charge is 2.14. The number of aromatic carboxylic acids is 1. The summed E-state index contributed by atoms with van der Waals surface area (Å²) in [4.78, 5) is 22.9. The minimum atomic E-state index is -0.994. The zero-order chi connectivity index (χ0) is 15.6. The quantitative estimate of drug-likeness (QED) is 0.901. The van der Waals surface area contributed by atoms with Gasteiger partial charge in [-0.15, -0.1) is 0 Å².